The average molecular weight is 477 g/mol. The maximum Gasteiger partial charge on any atom is 0.221 e. The molecule has 4 rings (SSSR count). The Morgan fingerprint density at radius 3 is 2.38 bits per heavy atom. The van der Waals surface area contributed by atoms with Crippen molar-refractivity contribution in [2.24, 2.45) is 52.3 Å². The van der Waals surface area contributed by atoms with Crippen molar-refractivity contribution in [2.45, 2.75) is 104 Å². The molecule has 0 aromatic heterocycles. The highest BCUT2D eigenvalue weighted by Crippen LogP contribution is 2.69. The van der Waals surface area contributed by atoms with Crippen molar-refractivity contribution in [3.63, 3.8) is 0 Å². The van der Waals surface area contributed by atoms with Crippen LogP contribution < -0.4 is 5.32 Å². The van der Waals surface area contributed by atoms with Crippen LogP contribution in [0.4, 0.5) is 0 Å². The third-order valence-electron chi connectivity index (χ3n) is 11.6. The monoisotopic (exact) mass is 476 g/mol. The predicted octanol–water partition coefficient (Wildman–Crippen LogP) is 4.66. The lowest BCUT2D eigenvalue weighted by Crippen LogP contribution is -2.62. The van der Waals surface area contributed by atoms with Crippen LogP contribution in [0, 0.1) is 52.3 Å². The van der Waals surface area contributed by atoms with E-state index in [0.29, 0.717) is 54.5 Å². The fourth-order valence-electron chi connectivity index (χ4n) is 9.83. The van der Waals surface area contributed by atoms with Crippen LogP contribution in [-0.2, 0) is 4.79 Å². The molecule has 0 heterocycles. The number of fused-ring (bicyclic) bond motifs is 5. The molecule has 4 saturated carbocycles. The van der Waals surface area contributed by atoms with Gasteiger partial charge in [0.1, 0.15) is 0 Å². The Hall–Kier alpha value is -0.650. The zero-order chi connectivity index (χ0) is 24.8. The number of hydrogen-bond donors (Lipinski definition) is 3. The minimum Gasteiger partial charge on any atom is -0.393 e. The van der Waals surface area contributed by atoms with E-state index < -0.39 is 0 Å². The van der Waals surface area contributed by atoms with Crippen LogP contribution in [-0.4, -0.2) is 54.0 Å². The SMILES string of the molecule is CC[C@H]1[C@@H](O)[C@@H]2[C@H](CC[C@]3(C)[C@@H]([C@H](C)CCC(=O)NCN(C)C)CC[C@@H]23)[C@@]2(C)CC[C@@H](O)C[C@@H]12. The van der Waals surface area contributed by atoms with Crippen molar-refractivity contribution >= 4 is 5.91 Å². The molecule has 196 valence electrons. The summed E-state index contributed by atoms with van der Waals surface area (Å²) in [6.45, 7) is 10.3. The lowest BCUT2D eigenvalue weighted by atomic mass is 9.41. The van der Waals surface area contributed by atoms with Crippen LogP contribution in [0.1, 0.15) is 91.9 Å². The van der Waals surface area contributed by atoms with Crippen LogP contribution in [0.25, 0.3) is 0 Å². The van der Waals surface area contributed by atoms with Crippen molar-refractivity contribution < 1.29 is 15.0 Å². The van der Waals surface area contributed by atoms with Gasteiger partial charge in [0.05, 0.1) is 18.9 Å². The molecule has 0 aromatic carbocycles. The van der Waals surface area contributed by atoms with E-state index in [0.717, 1.165) is 32.1 Å². The molecule has 3 N–H and O–H groups in total. The van der Waals surface area contributed by atoms with E-state index in [9.17, 15) is 15.0 Å². The number of rotatable bonds is 7. The van der Waals surface area contributed by atoms with Gasteiger partial charge in [-0.05, 0) is 118 Å². The van der Waals surface area contributed by atoms with Crippen molar-refractivity contribution in [3.05, 3.63) is 0 Å². The second kappa shape index (κ2) is 10.0. The second-order valence-corrected chi connectivity index (χ2v) is 13.5. The maximum atomic E-state index is 12.3. The molecule has 0 aliphatic heterocycles. The molecule has 0 spiro atoms. The molecule has 4 aliphatic rings. The first-order valence-corrected chi connectivity index (χ1v) is 14.3. The van der Waals surface area contributed by atoms with Gasteiger partial charge in [-0.2, -0.15) is 0 Å². The molecule has 11 atom stereocenters. The van der Waals surface area contributed by atoms with Crippen LogP contribution in [0.5, 0.6) is 0 Å². The third kappa shape index (κ3) is 4.47. The molecule has 0 bridgehead atoms. The van der Waals surface area contributed by atoms with Gasteiger partial charge in [0.15, 0.2) is 0 Å². The Morgan fingerprint density at radius 1 is 1.03 bits per heavy atom. The second-order valence-electron chi connectivity index (χ2n) is 13.5. The zero-order valence-electron chi connectivity index (χ0n) is 22.7. The topological polar surface area (TPSA) is 72.8 Å². The molecule has 4 fully saturated rings. The Morgan fingerprint density at radius 2 is 1.71 bits per heavy atom. The van der Waals surface area contributed by atoms with Gasteiger partial charge >= 0.3 is 0 Å². The summed E-state index contributed by atoms with van der Waals surface area (Å²) in [6, 6.07) is 0. The molecule has 0 aromatic rings. The Balaban J connectivity index is 1.49. The first-order valence-electron chi connectivity index (χ1n) is 14.3. The molecular weight excluding hydrogens is 424 g/mol. The molecule has 1 amide bonds. The number of amides is 1. The summed E-state index contributed by atoms with van der Waals surface area (Å²) in [5.41, 5.74) is 0.538. The van der Waals surface area contributed by atoms with E-state index >= 15 is 0 Å². The van der Waals surface area contributed by atoms with Gasteiger partial charge in [0.25, 0.3) is 0 Å². The van der Waals surface area contributed by atoms with Crippen LogP contribution in [0.15, 0.2) is 0 Å². The minimum atomic E-state index is -0.228. The van der Waals surface area contributed by atoms with Gasteiger partial charge in [0.2, 0.25) is 5.91 Å². The van der Waals surface area contributed by atoms with Gasteiger partial charge in [-0.1, -0.05) is 34.1 Å². The van der Waals surface area contributed by atoms with Gasteiger partial charge < -0.3 is 15.5 Å². The minimum absolute atomic E-state index is 0.163. The smallest absolute Gasteiger partial charge is 0.221 e. The number of carbonyl (C=O) groups excluding carboxylic acids is 1. The number of hydrogen-bond acceptors (Lipinski definition) is 4. The third-order valence-corrected chi connectivity index (χ3v) is 11.6. The first-order chi connectivity index (χ1) is 16.0. The Bertz CT molecular complexity index is 728. The summed E-state index contributed by atoms with van der Waals surface area (Å²) < 4.78 is 0. The van der Waals surface area contributed by atoms with Gasteiger partial charge in [-0.25, -0.2) is 0 Å². The summed E-state index contributed by atoms with van der Waals surface area (Å²) in [6.07, 6.45) is 10.1. The first kappa shape index (κ1) is 26.4. The lowest BCUT2D eigenvalue weighted by Gasteiger charge is -2.64. The normalized spacial score (nSPS) is 47.0. The Kier molecular flexibility index (Phi) is 7.78. The van der Waals surface area contributed by atoms with E-state index in [4.69, 9.17) is 0 Å². The number of aliphatic hydroxyl groups excluding tert-OH is 2. The predicted molar refractivity (Wildman–Crippen MR) is 137 cm³/mol. The molecule has 5 heteroatoms. The number of carbonyl (C=O) groups is 1. The molecule has 4 aliphatic carbocycles. The highest BCUT2D eigenvalue weighted by Gasteiger charge is 2.64. The summed E-state index contributed by atoms with van der Waals surface area (Å²) in [4.78, 5) is 14.3. The lowest BCUT2D eigenvalue weighted by molar-refractivity contribution is -0.203. The highest BCUT2D eigenvalue weighted by atomic mass is 16.3. The van der Waals surface area contributed by atoms with E-state index in [-0.39, 0.29) is 28.9 Å². The zero-order valence-corrected chi connectivity index (χ0v) is 22.7. The number of nitrogens with one attached hydrogen (secondary N) is 1. The van der Waals surface area contributed by atoms with E-state index in [1.54, 1.807) is 0 Å². The van der Waals surface area contributed by atoms with Crippen LogP contribution in [0.2, 0.25) is 0 Å². The fourth-order valence-corrected chi connectivity index (χ4v) is 9.83. The molecule has 5 nitrogen and oxygen atoms in total. The van der Waals surface area contributed by atoms with E-state index in [1.807, 2.05) is 19.0 Å². The summed E-state index contributed by atoms with van der Waals surface area (Å²) in [7, 11) is 3.94. The van der Waals surface area contributed by atoms with Gasteiger partial charge in [-0.3, -0.25) is 9.69 Å². The molecule has 34 heavy (non-hydrogen) atoms. The van der Waals surface area contributed by atoms with Crippen LogP contribution in [0.3, 0.4) is 0 Å². The van der Waals surface area contributed by atoms with Gasteiger partial charge in [0, 0.05) is 6.42 Å². The van der Waals surface area contributed by atoms with Crippen molar-refractivity contribution in [1.29, 1.82) is 0 Å². The number of aliphatic hydroxyl groups is 2. The van der Waals surface area contributed by atoms with Crippen molar-refractivity contribution in [1.82, 2.24) is 10.2 Å². The van der Waals surface area contributed by atoms with Crippen molar-refractivity contribution in [3.8, 4) is 0 Å². The summed E-state index contributed by atoms with van der Waals surface area (Å²) >= 11 is 0. The van der Waals surface area contributed by atoms with E-state index in [2.05, 4.69) is 33.0 Å². The summed E-state index contributed by atoms with van der Waals surface area (Å²) in [5, 5.41) is 25.3. The maximum absolute atomic E-state index is 12.3. The standard InChI is InChI=1S/C29H52N2O3/c1-7-20-24-16-19(32)12-14-29(24,4)23-13-15-28(3)21(9-10-22(28)26(23)27(20)34)18(2)8-11-25(33)30-17-31(5)6/h18-24,26-27,32,34H,7-17H2,1-6H3,(H,30,33)/t18-,19-,20-,21-,22+,23+,24+,26+,27-,28-,29-/m1/s1. The highest BCUT2D eigenvalue weighted by molar-refractivity contribution is 5.75. The van der Waals surface area contributed by atoms with Gasteiger partial charge in [-0.15, -0.1) is 0 Å². The Labute approximate surface area is 208 Å². The quantitative estimate of drug-likeness (QED) is 0.467. The van der Waals surface area contributed by atoms with Crippen molar-refractivity contribution in [2.75, 3.05) is 20.8 Å². The molecule has 0 saturated heterocycles. The fraction of sp³-hybridized carbons (Fsp3) is 0.966. The largest absolute Gasteiger partial charge is 0.393 e. The number of nitrogens with zero attached hydrogens (tertiary/aromatic N) is 1. The van der Waals surface area contributed by atoms with E-state index in [1.165, 1.54) is 25.7 Å². The molecular formula is C29H52N2O3. The summed E-state index contributed by atoms with van der Waals surface area (Å²) in [5.74, 6) is 3.70. The van der Waals surface area contributed by atoms with Crippen LogP contribution >= 0.6 is 0 Å². The molecule has 0 unspecified atom stereocenters. The average Bonchev–Trinajstić information content (AvgIpc) is 3.14. The molecule has 0 radical (unpaired) electrons.